The van der Waals surface area contributed by atoms with Gasteiger partial charge in [-0.2, -0.15) is 0 Å². The summed E-state index contributed by atoms with van der Waals surface area (Å²) in [5.41, 5.74) is 2.53. The van der Waals surface area contributed by atoms with Crippen LogP contribution in [-0.4, -0.2) is 0 Å². The van der Waals surface area contributed by atoms with Crippen molar-refractivity contribution in [3.05, 3.63) is 42.1 Å². The summed E-state index contributed by atoms with van der Waals surface area (Å²) in [6, 6.07) is 9.03. The molecular weight excluding hydrogens is 122 g/mol. The number of rotatable bonds is 0. The molecule has 0 spiro atoms. The first-order valence-corrected chi connectivity index (χ1v) is 3.37. The Balaban J connectivity index is 2.47. The zero-order valence-electron chi connectivity index (χ0n) is 5.59. The predicted molar refractivity (Wildman–Crippen MR) is 41.7 cm³/mol. The fourth-order valence-electron chi connectivity index (χ4n) is 1.11. The van der Waals surface area contributed by atoms with Crippen molar-refractivity contribution in [2.75, 3.05) is 5.32 Å². The molecule has 0 saturated carbocycles. The molecule has 1 aromatic carbocycles. The van der Waals surface area contributed by atoms with E-state index in [1.165, 1.54) is 11.3 Å². The van der Waals surface area contributed by atoms with Crippen LogP contribution in [-0.2, 0) is 6.42 Å². The lowest BCUT2D eigenvalue weighted by molar-refractivity contribution is 1.22. The molecule has 1 aliphatic rings. The second-order valence-corrected chi connectivity index (χ2v) is 2.33. The van der Waals surface area contributed by atoms with E-state index in [0.29, 0.717) is 0 Å². The first kappa shape index (κ1) is 5.54. The topological polar surface area (TPSA) is 12.0 Å². The lowest BCUT2D eigenvalue weighted by Gasteiger charge is -2.10. The van der Waals surface area contributed by atoms with Gasteiger partial charge in [-0.05, 0) is 36.4 Å². The van der Waals surface area contributed by atoms with Crippen LogP contribution in [0.5, 0.6) is 0 Å². The van der Waals surface area contributed by atoms with Gasteiger partial charge in [-0.3, -0.25) is 0 Å². The Morgan fingerprint density at radius 1 is 1.50 bits per heavy atom. The average Bonchev–Trinajstić information content (AvgIpc) is 2.05. The number of hydrogen-bond donors (Lipinski definition) is 1. The highest BCUT2D eigenvalue weighted by Crippen LogP contribution is 2.18. The largest absolute Gasteiger partial charge is 0.362 e. The van der Waals surface area contributed by atoms with Crippen LogP contribution >= 0.6 is 0 Å². The Bertz CT molecular complexity index is 236. The smallest absolute Gasteiger partial charge is 0.0415 e. The summed E-state index contributed by atoms with van der Waals surface area (Å²) in [6.07, 6.45) is 5.11. The molecule has 1 nitrogen and oxygen atoms in total. The number of nitrogens with one attached hydrogen (secondary N) is 1. The SMILES string of the molecule is [c]1ccc2c(c1)CC=CN2. The maximum atomic E-state index is 3.16. The first-order valence-electron chi connectivity index (χ1n) is 3.37. The maximum Gasteiger partial charge on any atom is 0.0415 e. The second-order valence-electron chi connectivity index (χ2n) is 2.33. The molecule has 10 heavy (non-hydrogen) atoms. The molecule has 0 unspecified atom stereocenters. The minimum atomic E-state index is 1.03. The van der Waals surface area contributed by atoms with Crippen LogP contribution in [0, 0.1) is 6.07 Å². The van der Waals surface area contributed by atoms with Gasteiger partial charge in [-0.25, -0.2) is 0 Å². The molecule has 1 aromatic rings. The van der Waals surface area contributed by atoms with Crippen molar-refractivity contribution in [3.63, 3.8) is 0 Å². The molecule has 0 fully saturated rings. The van der Waals surface area contributed by atoms with Crippen LogP contribution in [0.1, 0.15) is 5.56 Å². The van der Waals surface area contributed by atoms with E-state index in [0.717, 1.165) is 6.42 Å². The zero-order chi connectivity index (χ0) is 6.81. The van der Waals surface area contributed by atoms with Crippen molar-refractivity contribution in [1.29, 1.82) is 0 Å². The molecule has 2 rings (SSSR count). The monoisotopic (exact) mass is 130 g/mol. The molecule has 0 aromatic heterocycles. The second kappa shape index (κ2) is 2.18. The van der Waals surface area contributed by atoms with Gasteiger partial charge in [0.15, 0.2) is 0 Å². The van der Waals surface area contributed by atoms with Crippen molar-refractivity contribution in [2.24, 2.45) is 0 Å². The summed E-state index contributed by atoms with van der Waals surface area (Å²) in [6.45, 7) is 0. The number of fused-ring (bicyclic) bond motifs is 1. The Kier molecular flexibility index (Phi) is 1.21. The summed E-state index contributed by atoms with van der Waals surface area (Å²) in [5.74, 6) is 0. The van der Waals surface area contributed by atoms with Gasteiger partial charge in [-0.1, -0.05) is 12.1 Å². The summed E-state index contributed by atoms with van der Waals surface area (Å²) < 4.78 is 0. The standard InChI is InChI=1S/C9H8N/c1-2-6-9-8(4-1)5-3-7-10-9/h2-4,6-7,10H,5H2. The summed E-state index contributed by atoms with van der Waals surface area (Å²) in [5, 5.41) is 3.16. The van der Waals surface area contributed by atoms with E-state index in [9.17, 15) is 0 Å². The molecule has 1 radical (unpaired) electrons. The van der Waals surface area contributed by atoms with Crippen molar-refractivity contribution >= 4 is 5.69 Å². The Morgan fingerprint density at radius 3 is 3.40 bits per heavy atom. The van der Waals surface area contributed by atoms with Crippen LogP contribution in [0.2, 0.25) is 0 Å². The predicted octanol–water partition coefficient (Wildman–Crippen LogP) is 1.97. The zero-order valence-corrected chi connectivity index (χ0v) is 5.59. The molecule has 1 heteroatoms. The van der Waals surface area contributed by atoms with E-state index in [-0.39, 0.29) is 0 Å². The number of benzene rings is 1. The number of hydrogen-bond acceptors (Lipinski definition) is 1. The van der Waals surface area contributed by atoms with E-state index in [1.54, 1.807) is 0 Å². The fourth-order valence-corrected chi connectivity index (χ4v) is 1.11. The number of anilines is 1. The van der Waals surface area contributed by atoms with E-state index in [2.05, 4.69) is 17.5 Å². The lowest BCUT2D eigenvalue weighted by Crippen LogP contribution is -1.98. The molecule has 0 aliphatic carbocycles. The van der Waals surface area contributed by atoms with Gasteiger partial charge in [0.25, 0.3) is 0 Å². The summed E-state index contributed by atoms with van der Waals surface area (Å²) >= 11 is 0. The van der Waals surface area contributed by atoms with E-state index < -0.39 is 0 Å². The van der Waals surface area contributed by atoms with Gasteiger partial charge >= 0.3 is 0 Å². The van der Waals surface area contributed by atoms with Crippen LogP contribution in [0.25, 0.3) is 0 Å². The minimum Gasteiger partial charge on any atom is -0.362 e. The third-order valence-corrected chi connectivity index (χ3v) is 1.64. The quantitative estimate of drug-likeness (QED) is 0.566. The molecular formula is C9H8N. The van der Waals surface area contributed by atoms with E-state index in [1.807, 2.05) is 24.4 Å². The minimum absolute atomic E-state index is 1.03. The van der Waals surface area contributed by atoms with Gasteiger partial charge in [0, 0.05) is 5.69 Å². The van der Waals surface area contributed by atoms with Gasteiger partial charge in [-0.15, -0.1) is 0 Å². The molecule has 49 valence electrons. The molecule has 0 bridgehead atoms. The van der Waals surface area contributed by atoms with Crippen LogP contribution < -0.4 is 5.32 Å². The average molecular weight is 130 g/mol. The summed E-state index contributed by atoms with van der Waals surface area (Å²) in [4.78, 5) is 0. The molecule has 1 aliphatic heterocycles. The highest BCUT2D eigenvalue weighted by Gasteiger charge is 2.00. The van der Waals surface area contributed by atoms with Crippen LogP contribution in [0.3, 0.4) is 0 Å². The Hall–Kier alpha value is -1.24. The molecule has 0 atom stereocenters. The van der Waals surface area contributed by atoms with Gasteiger partial charge in [0.1, 0.15) is 0 Å². The third-order valence-electron chi connectivity index (χ3n) is 1.64. The van der Waals surface area contributed by atoms with Crippen LogP contribution in [0.15, 0.2) is 30.5 Å². The van der Waals surface area contributed by atoms with Gasteiger partial charge in [0.2, 0.25) is 0 Å². The Morgan fingerprint density at radius 2 is 2.50 bits per heavy atom. The van der Waals surface area contributed by atoms with Crippen molar-refractivity contribution in [1.82, 2.24) is 0 Å². The van der Waals surface area contributed by atoms with E-state index >= 15 is 0 Å². The van der Waals surface area contributed by atoms with Crippen molar-refractivity contribution in [3.8, 4) is 0 Å². The molecule has 1 N–H and O–H groups in total. The maximum absolute atomic E-state index is 3.16. The number of allylic oxidation sites excluding steroid dienone is 1. The normalized spacial score (nSPS) is 14.0. The Labute approximate surface area is 60.4 Å². The molecule has 0 saturated heterocycles. The highest BCUT2D eigenvalue weighted by atomic mass is 14.8. The third kappa shape index (κ3) is 0.798. The van der Waals surface area contributed by atoms with Gasteiger partial charge < -0.3 is 5.32 Å². The van der Waals surface area contributed by atoms with E-state index in [4.69, 9.17) is 0 Å². The van der Waals surface area contributed by atoms with Gasteiger partial charge in [0.05, 0.1) is 0 Å². The molecule has 0 amide bonds. The molecule has 1 heterocycles. The van der Waals surface area contributed by atoms with Crippen LogP contribution in [0.4, 0.5) is 5.69 Å². The van der Waals surface area contributed by atoms with Crippen molar-refractivity contribution < 1.29 is 0 Å². The highest BCUT2D eigenvalue weighted by molar-refractivity contribution is 5.55. The fraction of sp³-hybridized carbons (Fsp3) is 0.111. The first-order chi connectivity index (χ1) is 4.97. The lowest BCUT2D eigenvalue weighted by atomic mass is 10.1. The van der Waals surface area contributed by atoms with Crippen molar-refractivity contribution in [2.45, 2.75) is 6.42 Å². The summed E-state index contributed by atoms with van der Waals surface area (Å²) in [7, 11) is 0.